The molecule has 0 unspecified atom stereocenters. The molecule has 0 aromatic heterocycles. The monoisotopic (exact) mass is 343 g/mol. The topological polar surface area (TPSA) is 46.2 Å². The van der Waals surface area contributed by atoms with Crippen molar-refractivity contribution in [2.45, 2.75) is 25.7 Å². The molecule has 0 heterocycles. The van der Waals surface area contributed by atoms with E-state index in [1.165, 1.54) is 0 Å². The second kappa shape index (κ2) is 5.87. The zero-order valence-electron chi connectivity index (χ0n) is 11.9. The molecule has 2 aromatic rings. The fourth-order valence-corrected chi connectivity index (χ4v) is 3.79. The lowest BCUT2D eigenvalue weighted by atomic mass is 10.1. The average Bonchev–Trinajstić information content (AvgIpc) is 2.39. The van der Waals surface area contributed by atoms with E-state index in [0.717, 1.165) is 11.1 Å². The van der Waals surface area contributed by atoms with E-state index in [0.29, 0.717) is 10.6 Å². The number of benzene rings is 2. The molecule has 0 bridgehead atoms. The highest BCUT2D eigenvalue weighted by Crippen LogP contribution is 2.31. The highest BCUT2D eigenvalue weighted by Gasteiger charge is 2.19. The first-order valence-corrected chi connectivity index (χ1v) is 8.51. The molecule has 0 aliphatic rings. The Morgan fingerprint density at radius 1 is 0.952 bits per heavy atom. The maximum absolute atomic E-state index is 12.5. The van der Waals surface area contributed by atoms with Crippen LogP contribution in [0.1, 0.15) is 16.7 Å². The van der Waals surface area contributed by atoms with E-state index in [1.54, 1.807) is 31.2 Å². The second-order valence-electron chi connectivity index (χ2n) is 4.91. The Hall–Kier alpha value is -1.23. The summed E-state index contributed by atoms with van der Waals surface area (Å²) in [5.74, 6) is 0. The Bertz CT molecular complexity index is 802. The van der Waals surface area contributed by atoms with Crippen molar-refractivity contribution in [2.24, 2.45) is 0 Å². The first kappa shape index (κ1) is 16.1. The van der Waals surface area contributed by atoms with Crippen molar-refractivity contribution in [2.75, 3.05) is 4.72 Å². The van der Waals surface area contributed by atoms with Gasteiger partial charge in [-0.3, -0.25) is 4.72 Å². The number of nitrogens with one attached hydrogen (secondary N) is 1. The lowest BCUT2D eigenvalue weighted by Gasteiger charge is -2.14. The van der Waals surface area contributed by atoms with Gasteiger partial charge >= 0.3 is 0 Å². The van der Waals surface area contributed by atoms with E-state index in [4.69, 9.17) is 23.2 Å². The van der Waals surface area contributed by atoms with Crippen LogP contribution in [-0.2, 0) is 10.0 Å². The normalized spacial score (nSPS) is 11.5. The highest BCUT2D eigenvalue weighted by molar-refractivity contribution is 7.92. The van der Waals surface area contributed by atoms with Gasteiger partial charge in [0.05, 0.1) is 20.6 Å². The van der Waals surface area contributed by atoms with Gasteiger partial charge in [0.2, 0.25) is 0 Å². The SMILES string of the molecule is Cc1cc(C)c(S(=O)(=O)Nc2cccc(Cl)c2Cl)cc1C. The van der Waals surface area contributed by atoms with Crippen LogP contribution in [0, 0.1) is 20.8 Å². The van der Waals surface area contributed by atoms with Crippen molar-refractivity contribution in [3.8, 4) is 0 Å². The number of aryl methyl sites for hydroxylation is 3. The molecule has 21 heavy (non-hydrogen) atoms. The molecule has 1 N–H and O–H groups in total. The van der Waals surface area contributed by atoms with Crippen molar-refractivity contribution >= 4 is 38.9 Å². The van der Waals surface area contributed by atoms with E-state index < -0.39 is 10.0 Å². The van der Waals surface area contributed by atoms with Crippen molar-refractivity contribution in [1.82, 2.24) is 0 Å². The van der Waals surface area contributed by atoms with Gasteiger partial charge in [0.15, 0.2) is 0 Å². The van der Waals surface area contributed by atoms with E-state index in [-0.39, 0.29) is 15.6 Å². The van der Waals surface area contributed by atoms with Crippen LogP contribution in [0.5, 0.6) is 0 Å². The Morgan fingerprint density at radius 3 is 2.24 bits per heavy atom. The average molecular weight is 344 g/mol. The molecule has 2 aromatic carbocycles. The molecule has 0 fully saturated rings. The lowest BCUT2D eigenvalue weighted by molar-refractivity contribution is 0.600. The van der Waals surface area contributed by atoms with E-state index >= 15 is 0 Å². The summed E-state index contributed by atoms with van der Waals surface area (Å²) in [4.78, 5) is 0.238. The van der Waals surface area contributed by atoms with Gasteiger partial charge in [-0.05, 0) is 55.7 Å². The van der Waals surface area contributed by atoms with E-state index in [2.05, 4.69) is 4.72 Å². The molecule has 0 spiro atoms. The highest BCUT2D eigenvalue weighted by atomic mass is 35.5. The molecule has 0 amide bonds. The van der Waals surface area contributed by atoms with Crippen LogP contribution in [-0.4, -0.2) is 8.42 Å². The smallest absolute Gasteiger partial charge is 0.262 e. The summed E-state index contributed by atoms with van der Waals surface area (Å²) in [6, 6.07) is 8.32. The first-order valence-electron chi connectivity index (χ1n) is 6.27. The van der Waals surface area contributed by atoms with Crippen LogP contribution < -0.4 is 4.72 Å². The van der Waals surface area contributed by atoms with Gasteiger partial charge in [0.25, 0.3) is 10.0 Å². The maximum atomic E-state index is 12.5. The number of anilines is 1. The lowest BCUT2D eigenvalue weighted by Crippen LogP contribution is -2.15. The van der Waals surface area contributed by atoms with Crippen molar-refractivity contribution in [3.05, 3.63) is 57.1 Å². The third-order valence-electron chi connectivity index (χ3n) is 3.28. The summed E-state index contributed by atoms with van der Waals surface area (Å²) < 4.78 is 27.6. The van der Waals surface area contributed by atoms with Gasteiger partial charge < -0.3 is 0 Å². The largest absolute Gasteiger partial charge is 0.278 e. The summed E-state index contributed by atoms with van der Waals surface area (Å²) in [6.45, 7) is 5.58. The van der Waals surface area contributed by atoms with Crippen molar-refractivity contribution in [3.63, 3.8) is 0 Å². The summed E-state index contributed by atoms with van der Waals surface area (Å²) in [7, 11) is -3.72. The summed E-state index contributed by atoms with van der Waals surface area (Å²) >= 11 is 11.9. The molecule has 2 rings (SSSR count). The van der Waals surface area contributed by atoms with Crippen LogP contribution in [0.4, 0.5) is 5.69 Å². The summed E-state index contributed by atoms with van der Waals surface area (Å²) in [5.41, 5.74) is 2.91. The van der Waals surface area contributed by atoms with Crippen LogP contribution in [0.15, 0.2) is 35.2 Å². The Kier molecular flexibility index (Phi) is 4.51. The van der Waals surface area contributed by atoms with Crippen LogP contribution >= 0.6 is 23.2 Å². The van der Waals surface area contributed by atoms with Crippen LogP contribution in [0.2, 0.25) is 10.0 Å². The second-order valence-corrected chi connectivity index (χ2v) is 7.34. The standard InChI is InChI=1S/C15H15Cl2NO2S/c1-9-7-11(3)14(8-10(9)2)21(19,20)18-13-6-4-5-12(16)15(13)17/h4-8,18H,1-3H3. The van der Waals surface area contributed by atoms with Crippen molar-refractivity contribution < 1.29 is 8.42 Å². The molecule has 0 radical (unpaired) electrons. The molecular formula is C15H15Cl2NO2S. The van der Waals surface area contributed by atoms with Gasteiger partial charge in [-0.2, -0.15) is 0 Å². The predicted octanol–water partition coefficient (Wildman–Crippen LogP) is 4.72. The third-order valence-corrected chi connectivity index (χ3v) is 5.60. The molecular weight excluding hydrogens is 329 g/mol. The number of sulfonamides is 1. The number of hydrogen-bond donors (Lipinski definition) is 1. The predicted molar refractivity (Wildman–Crippen MR) is 87.9 cm³/mol. The van der Waals surface area contributed by atoms with Crippen molar-refractivity contribution in [1.29, 1.82) is 0 Å². The van der Waals surface area contributed by atoms with Gasteiger partial charge in [-0.15, -0.1) is 0 Å². The zero-order chi connectivity index (χ0) is 15.8. The van der Waals surface area contributed by atoms with Crippen LogP contribution in [0.25, 0.3) is 0 Å². The molecule has 0 saturated carbocycles. The quantitative estimate of drug-likeness (QED) is 0.876. The fourth-order valence-electron chi connectivity index (χ4n) is 2.01. The first-order chi connectivity index (χ1) is 9.72. The third kappa shape index (κ3) is 3.34. The zero-order valence-corrected chi connectivity index (χ0v) is 14.2. The minimum atomic E-state index is -3.72. The number of rotatable bonds is 3. The van der Waals surface area contributed by atoms with E-state index in [1.807, 2.05) is 19.9 Å². The molecule has 0 atom stereocenters. The minimum absolute atomic E-state index is 0.184. The van der Waals surface area contributed by atoms with Gasteiger partial charge in [-0.25, -0.2) is 8.42 Å². The Morgan fingerprint density at radius 2 is 1.57 bits per heavy atom. The Balaban J connectivity index is 2.48. The number of hydrogen-bond acceptors (Lipinski definition) is 2. The molecule has 112 valence electrons. The van der Waals surface area contributed by atoms with Crippen LogP contribution in [0.3, 0.4) is 0 Å². The molecule has 0 saturated heterocycles. The Labute approximate surface area is 135 Å². The van der Waals surface area contributed by atoms with Gasteiger partial charge in [0.1, 0.15) is 0 Å². The minimum Gasteiger partial charge on any atom is -0.278 e. The molecule has 6 heteroatoms. The summed E-state index contributed by atoms with van der Waals surface area (Å²) in [5, 5.41) is 0.484. The maximum Gasteiger partial charge on any atom is 0.262 e. The number of halogens is 2. The molecule has 3 nitrogen and oxygen atoms in total. The fraction of sp³-hybridized carbons (Fsp3) is 0.200. The van der Waals surface area contributed by atoms with E-state index in [9.17, 15) is 8.42 Å². The molecule has 0 aliphatic carbocycles. The van der Waals surface area contributed by atoms with Gasteiger partial charge in [0, 0.05) is 0 Å². The van der Waals surface area contributed by atoms with Gasteiger partial charge in [-0.1, -0.05) is 35.3 Å². The summed E-state index contributed by atoms with van der Waals surface area (Å²) in [6.07, 6.45) is 0. The molecule has 0 aliphatic heterocycles.